The first kappa shape index (κ1) is 60.4. The summed E-state index contributed by atoms with van der Waals surface area (Å²) in [5, 5.41) is 31.1. The van der Waals surface area contributed by atoms with Gasteiger partial charge in [0.25, 0.3) is 0 Å². The number of hydrogen-bond donors (Lipinski definition) is 8. The number of halogens is 1. The van der Waals surface area contributed by atoms with Crippen molar-refractivity contribution in [1.82, 2.24) is 16.0 Å². The van der Waals surface area contributed by atoms with Crippen molar-refractivity contribution in [2.45, 2.75) is 115 Å². The Morgan fingerprint density at radius 1 is 0.733 bits per heavy atom. The molecule has 0 spiro atoms. The van der Waals surface area contributed by atoms with Gasteiger partial charge in [-0.3, -0.25) is 38.4 Å². The van der Waals surface area contributed by atoms with Crippen molar-refractivity contribution in [3.05, 3.63) is 112 Å². The lowest BCUT2D eigenvalue weighted by Gasteiger charge is -2.28. The number of aromatic hydroxyl groups is 1. The van der Waals surface area contributed by atoms with Crippen molar-refractivity contribution < 1.29 is 48.6 Å². The van der Waals surface area contributed by atoms with Crippen molar-refractivity contribution in [2.75, 3.05) is 18.1 Å². The number of primary amides is 1. The van der Waals surface area contributed by atoms with Gasteiger partial charge >= 0.3 is 0 Å². The molecule has 1 heterocycles. The van der Waals surface area contributed by atoms with Crippen LogP contribution in [0.1, 0.15) is 82.4 Å². The maximum Gasteiger partial charge on any atom is 0.225 e. The standard InChI is InChI=1S/C56H71BrN6O10S2/c1-32(2)42-28-51(68)46(14-8-9-21-58)61-54(71)39(25-38-12-6-7-13-44(38)57)26-50(67)47(24-34-16-19-41(65)20-17-34)62-55(72)40(27-49(66)45(59)23-35-15-18-36-10-4-5-11-37(36)22-35)30-74-75-31-48(63-56(42)73)52(69)29-43(33(3)64)53(60)70/h4-7,10-13,15-20,22,32-33,39-40,42-43,45-48,64-65H,8-9,14,21,23-31,58-59H2,1-3H3,(H2,60,70)(H,61,71)(H,62,72)(H,63,73)/t33?,39-,40-,42-,43-,45+,46-,47-,48-/m0/s1. The number of fused-ring (bicyclic) bond motifs is 1. The molecule has 0 bridgehead atoms. The van der Waals surface area contributed by atoms with Crippen LogP contribution >= 0.6 is 37.5 Å². The van der Waals surface area contributed by atoms with Crippen molar-refractivity contribution >= 4 is 95.1 Å². The number of benzene rings is 4. The molecule has 1 fully saturated rings. The van der Waals surface area contributed by atoms with Crippen LogP contribution in [-0.2, 0) is 57.6 Å². The highest BCUT2D eigenvalue weighted by atomic mass is 79.9. The molecule has 1 aliphatic heterocycles. The highest BCUT2D eigenvalue weighted by Gasteiger charge is 2.37. The number of unbranched alkanes of at least 4 members (excludes halogenated alkanes) is 1. The van der Waals surface area contributed by atoms with Gasteiger partial charge in [-0.25, -0.2) is 0 Å². The number of nitrogens with one attached hydrogen (secondary N) is 3. The van der Waals surface area contributed by atoms with Gasteiger partial charge in [-0.1, -0.05) is 124 Å². The molecule has 11 N–H and O–H groups in total. The van der Waals surface area contributed by atoms with Crippen LogP contribution in [0.25, 0.3) is 10.8 Å². The Morgan fingerprint density at radius 3 is 2.03 bits per heavy atom. The smallest absolute Gasteiger partial charge is 0.225 e. The van der Waals surface area contributed by atoms with Gasteiger partial charge in [0.15, 0.2) is 23.1 Å². The third-order valence-corrected chi connectivity index (χ3v) is 17.0. The first-order chi connectivity index (χ1) is 35.7. The minimum absolute atomic E-state index is 0.0157. The molecule has 404 valence electrons. The third-order valence-electron chi connectivity index (χ3n) is 13.7. The van der Waals surface area contributed by atoms with Gasteiger partial charge in [0.1, 0.15) is 5.75 Å². The van der Waals surface area contributed by atoms with Crippen LogP contribution < -0.4 is 33.2 Å². The summed E-state index contributed by atoms with van der Waals surface area (Å²) in [6.45, 7) is 5.16. The summed E-state index contributed by atoms with van der Waals surface area (Å²) in [6, 6.07) is 22.3. The van der Waals surface area contributed by atoms with Crippen LogP contribution in [0.15, 0.2) is 95.5 Å². The van der Waals surface area contributed by atoms with E-state index in [9.17, 15) is 48.6 Å². The summed E-state index contributed by atoms with van der Waals surface area (Å²) in [7, 11) is 2.26. The SMILES string of the molecule is CC(C)[C@@H]1CC(=O)[C@H](CCCCN)NC(=O)[C@@H](Cc2ccccc2Br)CC(=O)[C@H](Cc2ccc(O)cc2)NC(=O)[C@@H](CC(=O)[C@H](N)Cc2ccc3ccccc3c2)CSSC[C@@H](C(=O)C[C@H](C(N)=O)C(C)O)NC1=O. The van der Waals surface area contributed by atoms with Gasteiger partial charge in [-0.2, -0.15) is 0 Å². The second-order valence-corrected chi connectivity index (χ2v) is 23.3. The van der Waals surface area contributed by atoms with E-state index in [1.807, 2.05) is 54.6 Å². The molecule has 1 unspecified atom stereocenters. The average Bonchev–Trinajstić information content (AvgIpc) is 3.37. The van der Waals surface area contributed by atoms with E-state index in [2.05, 4.69) is 31.9 Å². The minimum Gasteiger partial charge on any atom is -0.508 e. The second kappa shape index (κ2) is 29.8. The quantitative estimate of drug-likeness (QED) is 0.0427. The summed E-state index contributed by atoms with van der Waals surface area (Å²) in [4.78, 5) is 114. The number of ketones is 4. The Kier molecular flexibility index (Phi) is 24.0. The molecule has 0 aromatic heterocycles. The van der Waals surface area contributed by atoms with Crippen LogP contribution in [-0.4, -0.2) is 105 Å². The number of carbonyl (C=O) groups is 8. The number of aliphatic hydroxyl groups is 1. The Morgan fingerprint density at radius 2 is 1.36 bits per heavy atom. The zero-order valence-electron chi connectivity index (χ0n) is 42.7. The van der Waals surface area contributed by atoms with E-state index in [1.165, 1.54) is 19.1 Å². The fourth-order valence-electron chi connectivity index (χ4n) is 9.02. The lowest BCUT2D eigenvalue weighted by molar-refractivity contribution is -0.136. The molecule has 4 amide bonds. The number of hydrogen-bond acceptors (Lipinski definition) is 14. The van der Waals surface area contributed by atoms with Gasteiger partial charge in [0.2, 0.25) is 23.6 Å². The van der Waals surface area contributed by atoms with Crippen LogP contribution in [0, 0.1) is 29.6 Å². The van der Waals surface area contributed by atoms with E-state index in [-0.39, 0.29) is 62.2 Å². The van der Waals surface area contributed by atoms with Crippen LogP contribution in [0.4, 0.5) is 0 Å². The fourth-order valence-corrected chi connectivity index (χ4v) is 12.0. The van der Waals surface area contributed by atoms with E-state index in [1.54, 1.807) is 38.1 Å². The van der Waals surface area contributed by atoms with Crippen LogP contribution in [0.5, 0.6) is 5.75 Å². The molecule has 0 radical (unpaired) electrons. The maximum absolute atomic E-state index is 14.9. The lowest BCUT2D eigenvalue weighted by atomic mass is 9.86. The van der Waals surface area contributed by atoms with Crippen molar-refractivity contribution in [3.8, 4) is 5.75 Å². The first-order valence-electron chi connectivity index (χ1n) is 25.4. The molecule has 4 aromatic rings. The van der Waals surface area contributed by atoms with Gasteiger partial charge in [-0.05, 0) is 104 Å². The lowest BCUT2D eigenvalue weighted by Crippen LogP contribution is -2.50. The maximum atomic E-state index is 14.9. The molecule has 0 saturated carbocycles. The number of carbonyl (C=O) groups excluding carboxylic acids is 8. The Balaban J connectivity index is 1.57. The van der Waals surface area contributed by atoms with Gasteiger partial charge in [0.05, 0.1) is 42.1 Å². The average molecular weight is 1130 g/mol. The minimum atomic E-state index is -1.29. The predicted molar refractivity (Wildman–Crippen MR) is 297 cm³/mol. The number of rotatable bonds is 19. The Bertz CT molecular complexity index is 2640. The summed E-state index contributed by atoms with van der Waals surface area (Å²) >= 11 is 3.57. The summed E-state index contributed by atoms with van der Waals surface area (Å²) in [5.41, 5.74) is 20.1. The number of aliphatic hydroxyl groups excluding tert-OH is 1. The van der Waals surface area contributed by atoms with E-state index < -0.39 is 113 Å². The topological polar surface area (TPSA) is 291 Å². The van der Waals surface area contributed by atoms with E-state index >= 15 is 0 Å². The van der Waals surface area contributed by atoms with Crippen LogP contribution in [0.2, 0.25) is 0 Å². The molecule has 1 aliphatic rings. The number of amides is 4. The molecule has 5 rings (SSSR count). The van der Waals surface area contributed by atoms with Crippen molar-refractivity contribution in [3.63, 3.8) is 0 Å². The monoisotopic (exact) mass is 1130 g/mol. The fraction of sp³-hybridized carbons (Fsp3) is 0.464. The molecular weight excluding hydrogens is 1060 g/mol. The van der Waals surface area contributed by atoms with E-state index in [0.29, 0.717) is 35.0 Å². The van der Waals surface area contributed by atoms with Crippen LogP contribution in [0.3, 0.4) is 0 Å². The van der Waals surface area contributed by atoms with Gasteiger partial charge < -0.3 is 43.4 Å². The molecule has 4 aromatic carbocycles. The highest BCUT2D eigenvalue weighted by molar-refractivity contribution is 9.10. The third kappa shape index (κ3) is 18.7. The molecule has 0 aliphatic carbocycles. The zero-order chi connectivity index (χ0) is 54.8. The number of Topliss-reactive ketones (excluding diaryl/α,β-unsaturated/α-hetero) is 4. The number of nitrogens with two attached hydrogens (primary N) is 3. The number of phenolic OH excluding ortho intramolecular Hbond substituents is 1. The molecular formula is C56H71BrN6O10S2. The first-order valence-corrected chi connectivity index (χ1v) is 28.7. The van der Waals surface area contributed by atoms with E-state index in [0.717, 1.165) is 37.9 Å². The molecule has 16 nitrogen and oxygen atoms in total. The highest BCUT2D eigenvalue weighted by Crippen LogP contribution is 2.30. The Labute approximate surface area is 455 Å². The molecule has 9 atom stereocenters. The van der Waals surface area contributed by atoms with E-state index in [4.69, 9.17) is 17.2 Å². The Hall–Kier alpha value is -5.44. The largest absolute Gasteiger partial charge is 0.508 e. The predicted octanol–water partition coefficient (Wildman–Crippen LogP) is 5.47. The number of phenols is 1. The van der Waals surface area contributed by atoms with Crippen molar-refractivity contribution in [1.29, 1.82) is 0 Å². The summed E-state index contributed by atoms with van der Waals surface area (Å²) in [6.07, 6.45) is -1.45. The van der Waals surface area contributed by atoms with Crippen molar-refractivity contribution in [2.24, 2.45) is 46.8 Å². The normalized spacial score (nSPS) is 22.1. The van der Waals surface area contributed by atoms with Gasteiger partial charge in [0, 0.05) is 53.5 Å². The molecule has 1 saturated heterocycles. The second-order valence-electron chi connectivity index (χ2n) is 19.9. The summed E-state index contributed by atoms with van der Waals surface area (Å²) < 4.78 is 0.682. The molecule has 19 heteroatoms. The summed E-state index contributed by atoms with van der Waals surface area (Å²) in [5.74, 6) is -9.75. The van der Waals surface area contributed by atoms with Gasteiger partial charge in [-0.15, -0.1) is 0 Å². The zero-order valence-corrected chi connectivity index (χ0v) is 45.9. The molecule has 75 heavy (non-hydrogen) atoms.